The quantitative estimate of drug-likeness (QED) is 0.864. The van der Waals surface area contributed by atoms with E-state index in [4.69, 9.17) is 17.3 Å². The third-order valence-electron chi connectivity index (χ3n) is 3.36. The van der Waals surface area contributed by atoms with Crippen molar-refractivity contribution < 1.29 is 8.42 Å². The van der Waals surface area contributed by atoms with Gasteiger partial charge in [-0.2, -0.15) is 0 Å². The molecule has 0 fully saturated rings. The normalized spacial score (nSPS) is 11.8. The number of hydrogen-bond acceptors (Lipinski definition) is 3. The summed E-state index contributed by atoms with van der Waals surface area (Å²) in [6, 6.07) is 11.9. The Balaban J connectivity index is 2.29. The van der Waals surface area contributed by atoms with Gasteiger partial charge in [-0.3, -0.25) is 0 Å². The fourth-order valence-corrected chi connectivity index (χ4v) is 3.62. The average molecular weight is 324 g/mol. The maximum Gasteiger partial charge on any atom is 0.182 e. The Morgan fingerprint density at radius 1 is 1.10 bits per heavy atom. The van der Waals surface area contributed by atoms with Crippen molar-refractivity contribution in [2.24, 2.45) is 0 Å². The van der Waals surface area contributed by atoms with Crippen LogP contribution in [0.25, 0.3) is 0 Å². The maximum atomic E-state index is 12.4. The van der Waals surface area contributed by atoms with Gasteiger partial charge in [0, 0.05) is 10.7 Å². The zero-order valence-corrected chi connectivity index (χ0v) is 13.6. The van der Waals surface area contributed by atoms with Crippen LogP contribution in [0.3, 0.4) is 0 Å². The molecule has 0 aliphatic heterocycles. The molecule has 0 aromatic heterocycles. The highest BCUT2D eigenvalue weighted by atomic mass is 35.5. The van der Waals surface area contributed by atoms with Crippen LogP contribution in [-0.4, -0.2) is 8.42 Å². The van der Waals surface area contributed by atoms with Crippen LogP contribution >= 0.6 is 11.6 Å². The molecule has 0 amide bonds. The number of sulfone groups is 1. The molecular formula is C16H18ClNO2S. The number of anilines is 1. The van der Waals surface area contributed by atoms with E-state index in [1.165, 1.54) is 0 Å². The van der Waals surface area contributed by atoms with E-state index in [9.17, 15) is 8.42 Å². The van der Waals surface area contributed by atoms with E-state index in [1.807, 2.05) is 12.1 Å². The minimum Gasteiger partial charge on any atom is -0.398 e. The summed E-state index contributed by atoms with van der Waals surface area (Å²) in [4.78, 5) is 0.307. The van der Waals surface area contributed by atoms with E-state index in [-0.39, 0.29) is 5.75 Å². The van der Waals surface area contributed by atoms with Crippen LogP contribution in [0.1, 0.15) is 30.9 Å². The molecule has 0 aliphatic carbocycles. The summed E-state index contributed by atoms with van der Waals surface area (Å²) in [5, 5.41) is 0.495. The van der Waals surface area contributed by atoms with Gasteiger partial charge in [0.05, 0.1) is 10.6 Å². The Kier molecular flexibility index (Phi) is 4.59. The first-order chi connectivity index (χ1) is 9.79. The maximum absolute atomic E-state index is 12.4. The Morgan fingerprint density at radius 3 is 2.24 bits per heavy atom. The Labute approximate surface area is 130 Å². The Morgan fingerprint density at radius 2 is 1.71 bits per heavy atom. The van der Waals surface area contributed by atoms with Gasteiger partial charge in [-0.05, 0) is 41.3 Å². The lowest BCUT2D eigenvalue weighted by Crippen LogP contribution is -2.07. The first-order valence-corrected chi connectivity index (χ1v) is 8.69. The highest BCUT2D eigenvalue weighted by molar-refractivity contribution is 7.90. The van der Waals surface area contributed by atoms with Crippen LogP contribution in [0.4, 0.5) is 5.69 Å². The SMILES string of the molecule is CC(C)c1ccc(S(=O)(=O)Cc2ccc(Cl)cc2N)cc1. The minimum absolute atomic E-state index is 0.128. The van der Waals surface area contributed by atoms with Gasteiger partial charge in [0.1, 0.15) is 0 Å². The third-order valence-corrected chi connectivity index (χ3v) is 5.28. The first-order valence-electron chi connectivity index (χ1n) is 6.66. The van der Waals surface area contributed by atoms with Gasteiger partial charge in [0.25, 0.3) is 0 Å². The van der Waals surface area contributed by atoms with Crippen LogP contribution in [0, 0.1) is 0 Å². The van der Waals surface area contributed by atoms with Crippen LogP contribution in [0.5, 0.6) is 0 Å². The van der Waals surface area contributed by atoms with Crippen molar-refractivity contribution in [3.63, 3.8) is 0 Å². The largest absolute Gasteiger partial charge is 0.398 e. The second kappa shape index (κ2) is 6.08. The second-order valence-electron chi connectivity index (χ2n) is 5.33. The highest BCUT2D eigenvalue weighted by Crippen LogP contribution is 2.24. The van der Waals surface area contributed by atoms with Gasteiger partial charge in [-0.15, -0.1) is 0 Å². The summed E-state index contributed by atoms with van der Waals surface area (Å²) in [5.41, 5.74) is 7.89. The summed E-state index contributed by atoms with van der Waals surface area (Å²) in [7, 11) is -3.41. The molecule has 2 rings (SSSR count). The number of benzene rings is 2. The number of halogens is 1. The molecule has 2 aromatic rings. The molecule has 0 saturated heterocycles. The van der Waals surface area contributed by atoms with E-state index in [2.05, 4.69) is 13.8 Å². The van der Waals surface area contributed by atoms with E-state index < -0.39 is 9.84 Å². The summed E-state index contributed by atoms with van der Waals surface area (Å²) < 4.78 is 24.9. The first kappa shape index (κ1) is 15.9. The van der Waals surface area contributed by atoms with Crippen molar-refractivity contribution in [2.45, 2.75) is 30.4 Å². The standard InChI is InChI=1S/C16H18ClNO2S/c1-11(2)12-4-7-15(8-5-12)21(19,20)10-13-3-6-14(17)9-16(13)18/h3-9,11H,10,18H2,1-2H3. The molecule has 0 aliphatic rings. The predicted molar refractivity (Wildman–Crippen MR) is 87.3 cm³/mol. The van der Waals surface area contributed by atoms with Crippen molar-refractivity contribution in [3.8, 4) is 0 Å². The van der Waals surface area contributed by atoms with Crippen LogP contribution in [-0.2, 0) is 15.6 Å². The number of nitrogen functional groups attached to an aromatic ring is 1. The third kappa shape index (κ3) is 3.77. The molecule has 3 nitrogen and oxygen atoms in total. The van der Waals surface area contributed by atoms with E-state index in [0.717, 1.165) is 5.56 Å². The van der Waals surface area contributed by atoms with Gasteiger partial charge in [-0.1, -0.05) is 43.6 Å². The van der Waals surface area contributed by atoms with Crippen molar-refractivity contribution >= 4 is 27.1 Å². The molecule has 0 atom stereocenters. The van der Waals surface area contributed by atoms with Crippen molar-refractivity contribution in [2.75, 3.05) is 5.73 Å². The lowest BCUT2D eigenvalue weighted by molar-refractivity contribution is 0.595. The van der Waals surface area contributed by atoms with Gasteiger partial charge in [-0.25, -0.2) is 8.42 Å². The summed E-state index contributed by atoms with van der Waals surface area (Å²) in [5.74, 6) is 0.241. The number of hydrogen-bond donors (Lipinski definition) is 1. The molecule has 2 N–H and O–H groups in total. The van der Waals surface area contributed by atoms with Crippen LogP contribution in [0.2, 0.25) is 5.02 Å². The van der Waals surface area contributed by atoms with Gasteiger partial charge >= 0.3 is 0 Å². The lowest BCUT2D eigenvalue weighted by atomic mass is 10.0. The van der Waals surface area contributed by atoms with E-state index >= 15 is 0 Å². The Bertz CT molecular complexity index is 737. The fraction of sp³-hybridized carbons (Fsp3) is 0.250. The smallest absolute Gasteiger partial charge is 0.182 e. The fourth-order valence-electron chi connectivity index (χ4n) is 2.05. The van der Waals surface area contributed by atoms with Gasteiger partial charge in [0.15, 0.2) is 9.84 Å². The van der Waals surface area contributed by atoms with Crippen molar-refractivity contribution in [3.05, 3.63) is 58.6 Å². The number of nitrogens with two attached hydrogens (primary N) is 1. The minimum atomic E-state index is -3.41. The monoisotopic (exact) mass is 323 g/mol. The summed E-state index contributed by atoms with van der Waals surface area (Å²) in [6.45, 7) is 4.13. The average Bonchev–Trinajstić information content (AvgIpc) is 2.42. The summed E-state index contributed by atoms with van der Waals surface area (Å²) >= 11 is 5.82. The highest BCUT2D eigenvalue weighted by Gasteiger charge is 2.17. The lowest BCUT2D eigenvalue weighted by Gasteiger charge is -2.09. The van der Waals surface area contributed by atoms with Gasteiger partial charge in [0.2, 0.25) is 0 Å². The molecule has 0 saturated carbocycles. The molecule has 5 heteroatoms. The molecule has 0 radical (unpaired) electrons. The molecular weight excluding hydrogens is 306 g/mol. The van der Waals surface area contributed by atoms with Crippen molar-refractivity contribution in [1.29, 1.82) is 0 Å². The van der Waals surface area contributed by atoms with Gasteiger partial charge < -0.3 is 5.73 Å². The summed E-state index contributed by atoms with van der Waals surface area (Å²) in [6.07, 6.45) is 0. The Hall–Kier alpha value is -1.52. The molecule has 0 heterocycles. The number of rotatable bonds is 4. The zero-order valence-electron chi connectivity index (χ0n) is 12.0. The molecule has 0 spiro atoms. The van der Waals surface area contributed by atoms with E-state index in [0.29, 0.717) is 27.1 Å². The van der Waals surface area contributed by atoms with Crippen LogP contribution < -0.4 is 5.73 Å². The van der Waals surface area contributed by atoms with Crippen LogP contribution in [0.15, 0.2) is 47.4 Å². The molecule has 21 heavy (non-hydrogen) atoms. The van der Waals surface area contributed by atoms with E-state index in [1.54, 1.807) is 30.3 Å². The zero-order chi connectivity index (χ0) is 15.6. The van der Waals surface area contributed by atoms with Crippen molar-refractivity contribution in [1.82, 2.24) is 0 Å². The molecule has 0 bridgehead atoms. The molecule has 112 valence electrons. The molecule has 2 aromatic carbocycles. The molecule has 0 unspecified atom stereocenters. The predicted octanol–water partition coefficient (Wildman–Crippen LogP) is 4.02. The topological polar surface area (TPSA) is 60.2 Å². The second-order valence-corrected chi connectivity index (χ2v) is 7.75.